The zero-order valence-corrected chi connectivity index (χ0v) is 14.7. The van der Waals surface area contributed by atoms with Crippen molar-refractivity contribution in [1.29, 1.82) is 0 Å². The van der Waals surface area contributed by atoms with Crippen molar-refractivity contribution in [3.05, 3.63) is 54.1 Å². The fraction of sp³-hybridized carbons (Fsp3) is 0.294. The Bertz CT molecular complexity index is 949. The smallest absolute Gasteiger partial charge is 0.289 e. The third kappa shape index (κ3) is 3.20. The molecule has 2 aliphatic heterocycles. The number of sulfonamides is 1. The van der Waals surface area contributed by atoms with Gasteiger partial charge in [0.15, 0.2) is 0 Å². The molecule has 1 fully saturated rings. The molecule has 4 rings (SSSR count). The number of hydrogen-bond donors (Lipinski definition) is 2. The number of halogens is 1. The van der Waals surface area contributed by atoms with Crippen LogP contribution in [0.25, 0.3) is 0 Å². The minimum Gasteiger partial charge on any atom is -0.341 e. The summed E-state index contributed by atoms with van der Waals surface area (Å²) in [6.07, 6.45) is 3.48. The van der Waals surface area contributed by atoms with Gasteiger partial charge in [0.1, 0.15) is 16.5 Å². The van der Waals surface area contributed by atoms with Crippen molar-refractivity contribution in [3.8, 4) is 0 Å². The highest BCUT2D eigenvalue weighted by Gasteiger charge is 2.31. The molecular formula is C17H18FN5O2S. The summed E-state index contributed by atoms with van der Waals surface area (Å²) in [5.74, 6) is -0.501. The van der Waals surface area contributed by atoms with E-state index in [2.05, 4.69) is 24.9 Å². The largest absolute Gasteiger partial charge is 0.341 e. The molecule has 1 aromatic heterocycles. The van der Waals surface area contributed by atoms with E-state index in [-0.39, 0.29) is 11.7 Å². The maximum Gasteiger partial charge on any atom is 0.289 e. The van der Waals surface area contributed by atoms with Crippen molar-refractivity contribution in [2.75, 3.05) is 31.5 Å². The zero-order chi connectivity index (χ0) is 18.1. The summed E-state index contributed by atoms with van der Waals surface area (Å²) >= 11 is 0. The van der Waals surface area contributed by atoms with E-state index in [4.69, 9.17) is 0 Å². The Morgan fingerprint density at radius 1 is 1.23 bits per heavy atom. The first kappa shape index (κ1) is 17.1. The van der Waals surface area contributed by atoms with Gasteiger partial charge in [0.05, 0.1) is 12.2 Å². The van der Waals surface area contributed by atoms with E-state index in [0.29, 0.717) is 12.4 Å². The number of benzene rings is 1. The Kier molecular flexibility index (Phi) is 4.43. The zero-order valence-electron chi connectivity index (χ0n) is 13.9. The van der Waals surface area contributed by atoms with Gasteiger partial charge < -0.3 is 10.6 Å². The lowest BCUT2D eigenvalue weighted by Gasteiger charge is -2.37. The first-order valence-electron chi connectivity index (χ1n) is 8.29. The second kappa shape index (κ2) is 6.75. The van der Waals surface area contributed by atoms with Crippen molar-refractivity contribution >= 4 is 21.5 Å². The number of nitrogens with one attached hydrogen (secondary N) is 2. The van der Waals surface area contributed by atoms with E-state index in [1.165, 1.54) is 6.07 Å². The molecule has 0 spiro atoms. The third-order valence-electron chi connectivity index (χ3n) is 4.53. The number of rotatable bonds is 3. The molecule has 1 aromatic carbocycles. The van der Waals surface area contributed by atoms with Crippen LogP contribution in [0.15, 0.2) is 52.0 Å². The molecule has 0 aliphatic carbocycles. The average molecular weight is 375 g/mol. The maximum atomic E-state index is 13.9. The van der Waals surface area contributed by atoms with Gasteiger partial charge in [0, 0.05) is 38.1 Å². The van der Waals surface area contributed by atoms with Crippen LogP contribution in [0.4, 0.5) is 10.1 Å². The van der Waals surface area contributed by atoms with Gasteiger partial charge >= 0.3 is 0 Å². The number of anilines is 1. The molecule has 2 aliphatic rings. The topological polar surface area (TPSA) is 86.7 Å². The number of aromatic nitrogens is 1. The Balaban J connectivity index is 1.62. The van der Waals surface area contributed by atoms with Crippen LogP contribution in [-0.2, 0) is 10.0 Å². The van der Waals surface area contributed by atoms with Gasteiger partial charge in [-0.05, 0) is 29.8 Å². The molecule has 1 unspecified atom stereocenters. The highest BCUT2D eigenvalue weighted by Crippen LogP contribution is 2.30. The number of piperazine rings is 1. The van der Waals surface area contributed by atoms with Crippen molar-refractivity contribution in [1.82, 2.24) is 15.2 Å². The number of nitrogens with zero attached hydrogens (tertiary/aromatic N) is 3. The van der Waals surface area contributed by atoms with E-state index in [1.54, 1.807) is 18.5 Å². The number of amidine groups is 1. The van der Waals surface area contributed by atoms with Crippen LogP contribution < -0.4 is 10.6 Å². The molecule has 9 heteroatoms. The fourth-order valence-electron chi connectivity index (χ4n) is 3.35. The molecule has 1 saturated heterocycles. The first-order chi connectivity index (χ1) is 12.5. The van der Waals surface area contributed by atoms with Crippen molar-refractivity contribution in [2.24, 2.45) is 4.40 Å². The molecule has 0 radical (unpaired) electrons. The predicted octanol–water partition coefficient (Wildman–Crippen LogP) is 1.38. The van der Waals surface area contributed by atoms with Crippen molar-refractivity contribution in [2.45, 2.75) is 10.9 Å². The molecule has 3 heterocycles. The van der Waals surface area contributed by atoms with Gasteiger partial charge in [-0.2, -0.15) is 8.42 Å². The van der Waals surface area contributed by atoms with Crippen LogP contribution in [0.3, 0.4) is 0 Å². The Hall–Kier alpha value is -2.36. The molecular weight excluding hydrogens is 357 g/mol. The fourth-order valence-corrected chi connectivity index (χ4v) is 4.55. The average Bonchev–Trinajstić information content (AvgIpc) is 2.62. The van der Waals surface area contributed by atoms with Crippen LogP contribution in [0, 0.1) is 5.82 Å². The Morgan fingerprint density at radius 2 is 2.04 bits per heavy atom. The molecule has 26 heavy (non-hydrogen) atoms. The molecule has 136 valence electrons. The summed E-state index contributed by atoms with van der Waals surface area (Å²) < 4.78 is 42.5. The van der Waals surface area contributed by atoms with Crippen molar-refractivity contribution in [3.63, 3.8) is 0 Å². The van der Waals surface area contributed by atoms with E-state index < -0.39 is 20.7 Å². The van der Waals surface area contributed by atoms with Crippen LogP contribution in [0.2, 0.25) is 0 Å². The van der Waals surface area contributed by atoms with E-state index in [0.717, 1.165) is 31.3 Å². The Morgan fingerprint density at radius 3 is 2.85 bits per heavy atom. The second-order valence-electron chi connectivity index (χ2n) is 6.23. The molecule has 0 amide bonds. The molecule has 0 saturated carbocycles. The first-order valence-corrected chi connectivity index (χ1v) is 9.73. The third-order valence-corrected chi connectivity index (χ3v) is 5.92. The molecule has 2 aromatic rings. The maximum absolute atomic E-state index is 13.9. The summed E-state index contributed by atoms with van der Waals surface area (Å²) in [6.45, 7) is 2.61. The second-order valence-corrected chi connectivity index (χ2v) is 7.77. The van der Waals surface area contributed by atoms with Gasteiger partial charge in [0.2, 0.25) is 0 Å². The number of hydrogen-bond acceptors (Lipinski definition) is 6. The number of pyridine rings is 1. The lowest BCUT2D eigenvalue weighted by atomic mass is 10.0. The number of fused-ring (bicyclic) bond motifs is 1. The molecule has 7 nitrogen and oxygen atoms in total. The van der Waals surface area contributed by atoms with Crippen LogP contribution >= 0.6 is 0 Å². The lowest BCUT2D eigenvalue weighted by Crippen LogP contribution is -2.49. The highest BCUT2D eigenvalue weighted by atomic mass is 32.2. The highest BCUT2D eigenvalue weighted by molar-refractivity contribution is 7.90. The summed E-state index contributed by atoms with van der Waals surface area (Å²) in [4.78, 5) is 5.80. The summed E-state index contributed by atoms with van der Waals surface area (Å²) in [5, 5.41) is 6.32. The Labute approximate surface area is 151 Å². The quantitative estimate of drug-likeness (QED) is 0.843. The van der Waals surface area contributed by atoms with Gasteiger partial charge in [-0.3, -0.25) is 9.88 Å². The predicted molar refractivity (Wildman–Crippen MR) is 96.1 cm³/mol. The minimum atomic E-state index is -4.06. The lowest BCUT2D eigenvalue weighted by molar-refractivity contribution is 0.186. The normalized spacial score (nSPS) is 22.2. The van der Waals surface area contributed by atoms with E-state index >= 15 is 0 Å². The summed E-state index contributed by atoms with van der Waals surface area (Å²) in [5.41, 5.74) is 1.32. The minimum absolute atomic E-state index is 0.0767. The summed E-state index contributed by atoms with van der Waals surface area (Å²) in [7, 11) is -4.06. The van der Waals surface area contributed by atoms with Gasteiger partial charge in [-0.1, -0.05) is 6.07 Å². The van der Waals surface area contributed by atoms with Crippen LogP contribution in [-0.4, -0.2) is 50.3 Å². The van der Waals surface area contributed by atoms with Crippen molar-refractivity contribution < 1.29 is 12.8 Å². The summed E-state index contributed by atoms with van der Waals surface area (Å²) in [6, 6.07) is 8.11. The van der Waals surface area contributed by atoms with Gasteiger partial charge in [-0.25, -0.2) is 4.39 Å². The monoisotopic (exact) mass is 375 g/mol. The SMILES string of the molecule is O=S1(=O)N=C(CN2CCNCC2c2ccncc2)Nc2cccc(F)c21. The molecule has 0 bridgehead atoms. The van der Waals surface area contributed by atoms with Crippen LogP contribution in [0.1, 0.15) is 11.6 Å². The standard InChI is InChI=1S/C17H18FN5O2S/c18-13-2-1-3-14-17(13)26(24,25)22-16(21-14)11-23-9-8-20-10-15(23)12-4-6-19-7-5-12/h1-7,15,20H,8-11H2,(H,21,22). The van der Waals surface area contributed by atoms with E-state index in [1.807, 2.05) is 12.1 Å². The van der Waals surface area contributed by atoms with E-state index in [9.17, 15) is 12.8 Å². The van der Waals surface area contributed by atoms with Gasteiger partial charge in [0.25, 0.3) is 10.0 Å². The molecule has 1 atom stereocenters. The van der Waals surface area contributed by atoms with Crippen LogP contribution in [0.5, 0.6) is 0 Å². The van der Waals surface area contributed by atoms with Gasteiger partial charge in [-0.15, -0.1) is 4.40 Å². The molecule has 2 N–H and O–H groups in total.